The van der Waals surface area contributed by atoms with E-state index in [4.69, 9.17) is 16.3 Å². The van der Waals surface area contributed by atoms with Gasteiger partial charge in [-0.15, -0.1) is 0 Å². The molecule has 2 rings (SSSR count). The van der Waals surface area contributed by atoms with Gasteiger partial charge in [0.25, 0.3) is 0 Å². The van der Waals surface area contributed by atoms with Gasteiger partial charge in [0.1, 0.15) is 11.8 Å². The lowest BCUT2D eigenvalue weighted by atomic mass is 10.1. The van der Waals surface area contributed by atoms with E-state index in [0.29, 0.717) is 24.5 Å². The zero-order chi connectivity index (χ0) is 21.2. The molecule has 0 spiro atoms. The van der Waals surface area contributed by atoms with E-state index < -0.39 is 6.04 Å². The Labute approximate surface area is 178 Å². The van der Waals surface area contributed by atoms with Gasteiger partial charge in [-0.2, -0.15) is 0 Å². The number of rotatable bonds is 10. The van der Waals surface area contributed by atoms with Gasteiger partial charge in [-0.3, -0.25) is 9.59 Å². The predicted octanol–water partition coefficient (Wildman–Crippen LogP) is 4.22. The van der Waals surface area contributed by atoms with Crippen molar-refractivity contribution in [2.75, 3.05) is 13.7 Å². The van der Waals surface area contributed by atoms with Gasteiger partial charge in [0.15, 0.2) is 0 Å². The van der Waals surface area contributed by atoms with Crippen LogP contribution >= 0.6 is 11.6 Å². The largest absolute Gasteiger partial charge is 0.497 e. The van der Waals surface area contributed by atoms with Crippen LogP contribution in [0.4, 0.5) is 0 Å². The van der Waals surface area contributed by atoms with Crippen LogP contribution in [0.5, 0.6) is 5.75 Å². The Morgan fingerprint density at radius 2 is 1.66 bits per heavy atom. The van der Waals surface area contributed by atoms with Gasteiger partial charge in [0.2, 0.25) is 11.8 Å². The molecule has 0 aromatic heterocycles. The van der Waals surface area contributed by atoms with Crippen molar-refractivity contribution < 1.29 is 14.3 Å². The second-order valence-electron chi connectivity index (χ2n) is 6.89. The van der Waals surface area contributed by atoms with Gasteiger partial charge in [0, 0.05) is 18.1 Å². The summed E-state index contributed by atoms with van der Waals surface area (Å²) in [6, 6.07) is 14.2. The van der Waals surface area contributed by atoms with Crippen molar-refractivity contribution in [2.24, 2.45) is 0 Å². The number of amides is 2. The van der Waals surface area contributed by atoms with Crippen molar-refractivity contribution in [3.63, 3.8) is 0 Å². The standard InChI is InChI=1S/C23H29ClN2O3/c1-4-14-25-23(28)21(5-2)26(16-18-8-12-20(29-3)13-9-18)22(27)15-17-6-10-19(24)11-7-17/h6-13,21H,4-5,14-16H2,1-3H3,(H,25,28)/t21-/m1/s1. The van der Waals surface area contributed by atoms with Crippen LogP contribution in [0.25, 0.3) is 0 Å². The third-order valence-electron chi connectivity index (χ3n) is 4.72. The van der Waals surface area contributed by atoms with Crippen LogP contribution in [0.1, 0.15) is 37.8 Å². The van der Waals surface area contributed by atoms with Crippen LogP contribution in [0.15, 0.2) is 48.5 Å². The fraction of sp³-hybridized carbons (Fsp3) is 0.391. The number of carbonyl (C=O) groups excluding carboxylic acids is 2. The molecule has 6 heteroatoms. The minimum absolute atomic E-state index is 0.0957. The van der Waals surface area contributed by atoms with E-state index in [-0.39, 0.29) is 18.2 Å². The highest BCUT2D eigenvalue weighted by Gasteiger charge is 2.28. The molecule has 2 aromatic rings. The molecule has 0 aliphatic carbocycles. The maximum Gasteiger partial charge on any atom is 0.242 e. The predicted molar refractivity (Wildman–Crippen MR) is 116 cm³/mol. The topological polar surface area (TPSA) is 58.6 Å². The van der Waals surface area contributed by atoms with Gasteiger partial charge in [-0.1, -0.05) is 49.7 Å². The highest BCUT2D eigenvalue weighted by Crippen LogP contribution is 2.18. The molecule has 0 unspecified atom stereocenters. The molecule has 0 saturated carbocycles. The molecular weight excluding hydrogens is 388 g/mol. The maximum absolute atomic E-state index is 13.2. The second kappa shape index (κ2) is 11.5. The molecule has 0 radical (unpaired) electrons. The number of carbonyl (C=O) groups is 2. The molecule has 0 aliphatic rings. The van der Waals surface area contributed by atoms with Crippen LogP contribution in [0.3, 0.4) is 0 Å². The Morgan fingerprint density at radius 3 is 2.21 bits per heavy atom. The molecule has 2 aromatic carbocycles. The van der Waals surface area contributed by atoms with Crippen LogP contribution in [-0.2, 0) is 22.6 Å². The lowest BCUT2D eigenvalue weighted by Crippen LogP contribution is -2.49. The highest BCUT2D eigenvalue weighted by atomic mass is 35.5. The zero-order valence-electron chi connectivity index (χ0n) is 17.3. The first-order valence-corrected chi connectivity index (χ1v) is 10.3. The summed E-state index contributed by atoms with van der Waals surface area (Å²) in [7, 11) is 1.61. The van der Waals surface area contributed by atoms with Crippen LogP contribution < -0.4 is 10.1 Å². The summed E-state index contributed by atoms with van der Waals surface area (Å²) in [6.07, 6.45) is 1.60. The van der Waals surface area contributed by atoms with Gasteiger partial charge in [0.05, 0.1) is 13.5 Å². The van der Waals surface area contributed by atoms with E-state index in [1.807, 2.05) is 50.2 Å². The zero-order valence-corrected chi connectivity index (χ0v) is 18.0. The number of halogens is 1. The molecule has 0 bridgehead atoms. The number of ether oxygens (including phenoxy) is 1. The second-order valence-corrected chi connectivity index (χ2v) is 7.32. The number of nitrogens with zero attached hydrogens (tertiary/aromatic N) is 1. The van der Waals surface area contributed by atoms with E-state index in [2.05, 4.69) is 5.32 Å². The molecule has 1 N–H and O–H groups in total. The quantitative estimate of drug-likeness (QED) is 0.630. The Bertz CT molecular complexity index is 791. The number of hydrogen-bond acceptors (Lipinski definition) is 3. The molecule has 2 amide bonds. The first-order valence-electron chi connectivity index (χ1n) is 9.93. The minimum atomic E-state index is -0.525. The molecule has 0 aliphatic heterocycles. The SMILES string of the molecule is CCCNC(=O)[C@@H](CC)N(Cc1ccc(OC)cc1)C(=O)Cc1ccc(Cl)cc1. The Hall–Kier alpha value is -2.53. The molecule has 156 valence electrons. The van der Waals surface area contributed by atoms with Gasteiger partial charge in [-0.25, -0.2) is 0 Å². The molecular formula is C23H29ClN2O3. The van der Waals surface area contributed by atoms with E-state index in [1.165, 1.54) is 0 Å². The van der Waals surface area contributed by atoms with Gasteiger partial charge < -0.3 is 15.0 Å². The van der Waals surface area contributed by atoms with E-state index in [1.54, 1.807) is 24.1 Å². The Balaban J connectivity index is 2.24. The van der Waals surface area contributed by atoms with E-state index >= 15 is 0 Å². The molecule has 0 fully saturated rings. The third kappa shape index (κ3) is 6.79. The summed E-state index contributed by atoms with van der Waals surface area (Å²) in [5.41, 5.74) is 1.81. The van der Waals surface area contributed by atoms with Gasteiger partial charge >= 0.3 is 0 Å². The number of benzene rings is 2. The fourth-order valence-corrected chi connectivity index (χ4v) is 3.22. The van der Waals surface area contributed by atoms with Crippen molar-refractivity contribution in [1.29, 1.82) is 0 Å². The van der Waals surface area contributed by atoms with Crippen LogP contribution in [0, 0.1) is 0 Å². The lowest BCUT2D eigenvalue weighted by molar-refractivity contribution is -0.140. The summed E-state index contributed by atoms with van der Waals surface area (Å²) in [5, 5.41) is 3.55. The fourth-order valence-electron chi connectivity index (χ4n) is 3.09. The molecule has 0 heterocycles. The van der Waals surface area contributed by atoms with Crippen LogP contribution in [-0.4, -0.2) is 36.4 Å². The van der Waals surface area contributed by atoms with Gasteiger partial charge in [-0.05, 0) is 48.2 Å². The lowest BCUT2D eigenvalue weighted by Gasteiger charge is -2.31. The Morgan fingerprint density at radius 1 is 1.03 bits per heavy atom. The first-order chi connectivity index (χ1) is 14.0. The monoisotopic (exact) mass is 416 g/mol. The van der Waals surface area contributed by atoms with Crippen molar-refractivity contribution in [3.05, 3.63) is 64.7 Å². The van der Waals surface area contributed by atoms with E-state index in [9.17, 15) is 9.59 Å². The van der Waals surface area contributed by atoms with Crippen molar-refractivity contribution in [1.82, 2.24) is 10.2 Å². The first kappa shape index (κ1) is 22.8. The van der Waals surface area contributed by atoms with Crippen LogP contribution in [0.2, 0.25) is 5.02 Å². The van der Waals surface area contributed by atoms with E-state index in [0.717, 1.165) is 23.3 Å². The Kier molecular flexibility index (Phi) is 9.00. The molecule has 1 atom stereocenters. The summed E-state index contributed by atoms with van der Waals surface area (Å²) in [5.74, 6) is 0.537. The number of hydrogen-bond donors (Lipinski definition) is 1. The molecule has 5 nitrogen and oxygen atoms in total. The average molecular weight is 417 g/mol. The van der Waals surface area contributed by atoms with Crippen molar-refractivity contribution in [2.45, 2.75) is 45.7 Å². The highest BCUT2D eigenvalue weighted by molar-refractivity contribution is 6.30. The third-order valence-corrected chi connectivity index (χ3v) is 4.97. The maximum atomic E-state index is 13.2. The smallest absolute Gasteiger partial charge is 0.242 e. The number of methoxy groups -OCH3 is 1. The normalized spacial score (nSPS) is 11.6. The molecule has 29 heavy (non-hydrogen) atoms. The summed E-state index contributed by atoms with van der Waals surface area (Å²) in [4.78, 5) is 27.6. The summed E-state index contributed by atoms with van der Waals surface area (Å²) >= 11 is 5.95. The van der Waals surface area contributed by atoms with Crippen molar-refractivity contribution in [3.8, 4) is 5.75 Å². The summed E-state index contributed by atoms with van der Waals surface area (Å²) < 4.78 is 5.21. The summed E-state index contributed by atoms with van der Waals surface area (Å²) in [6.45, 7) is 4.88. The molecule has 0 saturated heterocycles. The average Bonchev–Trinajstić information content (AvgIpc) is 2.74. The minimum Gasteiger partial charge on any atom is -0.497 e. The number of nitrogens with one attached hydrogen (secondary N) is 1. The van der Waals surface area contributed by atoms with Crippen molar-refractivity contribution >= 4 is 23.4 Å².